The van der Waals surface area contributed by atoms with E-state index in [1.807, 2.05) is 6.92 Å². The van der Waals surface area contributed by atoms with Crippen LogP contribution in [0.4, 0.5) is 23.4 Å². The molecule has 5 rings (SSSR count). The molecule has 2 aromatic rings. The van der Waals surface area contributed by atoms with Crippen LogP contribution in [0.5, 0.6) is 5.75 Å². The Bertz CT molecular complexity index is 1200. The number of aliphatic hydroxyl groups is 2. The van der Waals surface area contributed by atoms with Crippen LogP contribution in [0.25, 0.3) is 0 Å². The minimum atomic E-state index is -5.04. The number of anilines is 1. The van der Waals surface area contributed by atoms with Gasteiger partial charge in [0.15, 0.2) is 11.6 Å². The largest absolute Gasteiger partial charge is 0.573 e. The smallest absolute Gasteiger partial charge is 0.403 e. The van der Waals surface area contributed by atoms with Crippen molar-refractivity contribution in [3.05, 3.63) is 47.2 Å². The zero-order chi connectivity index (χ0) is 28.6. The Kier molecular flexibility index (Phi) is 8.27. The van der Waals surface area contributed by atoms with E-state index >= 15 is 0 Å². The third kappa shape index (κ3) is 5.92. The van der Waals surface area contributed by atoms with Crippen molar-refractivity contribution < 1.29 is 37.3 Å². The quantitative estimate of drug-likeness (QED) is 0.386. The van der Waals surface area contributed by atoms with Crippen molar-refractivity contribution in [2.45, 2.75) is 62.8 Å². The molecule has 3 aliphatic rings. The number of hydrogen-bond acceptors (Lipinski definition) is 9. The number of hydrogen-bond donors (Lipinski definition) is 2. The van der Waals surface area contributed by atoms with Gasteiger partial charge in [-0.3, -0.25) is 9.80 Å². The van der Waals surface area contributed by atoms with Crippen molar-refractivity contribution in [3.63, 3.8) is 0 Å². The molecule has 40 heavy (non-hydrogen) atoms. The highest BCUT2D eigenvalue weighted by molar-refractivity contribution is 5.64. The van der Waals surface area contributed by atoms with E-state index in [2.05, 4.69) is 29.4 Å². The van der Waals surface area contributed by atoms with Gasteiger partial charge < -0.3 is 24.6 Å². The molecule has 4 atom stereocenters. The predicted octanol–water partition coefficient (Wildman–Crippen LogP) is 2.94. The molecule has 0 radical (unpaired) electrons. The van der Waals surface area contributed by atoms with Gasteiger partial charge in [-0.05, 0) is 42.9 Å². The second kappa shape index (κ2) is 11.6. The Balaban J connectivity index is 1.39. The first-order valence-electron chi connectivity index (χ1n) is 13.5. The van der Waals surface area contributed by atoms with Crippen LogP contribution in [0.2, 0.25) is 0 Å². The molecule has 0 bridgehead atoms. The van der Waals surface area contributed by atoms with E-state index in [1.165, 1.54) is 12.4 Å². The van der Waals surface area contributed by atoms with Gasteiger partial charge in [0.1, 0.15) is 18.4 Å². The number of aliphatic hydroxyl groups excluding tert-OH is 2. The maximum absolute atomic E-state index is 14.6. The normalized spacial score (nSPS) is 24.5. The lowest BCUT2D eigenvalue weighted by molar-refractivity contribution is -0.275. The molecular weight excluding hydrogens is 534 g/mol. The topological polar surface area (TPSA) is 102 Å². The number of nitrogens with zero attached hydrogens (tertiary/aromatic N) is 5. The fraction of sp³-hybridized carbons (Fsp3) is 0.593. The number of piperidine rings is 1. The van der Waals surface area contributed by atoms with Crippen LogP contribution in [0.1, 0.15) is 60.9 Å². The number of halogens is 4. The van der Waals surface area contributed by atoms with E-state index < -0.39 is 42.2 Å². The zero-order valence-electron chi connectivity index (χ0n) is 22.1. The van der Waals surface area contributed by atoms with Gasteiger partial charge in [0.25, 0.3) is 0 Å². The number of fused-ring (bicyclic) bond motifs is 1. The highest BCUT2D eigenvalue weighted by Gasteiger charge is 2.39. The zero-order valence-corrected chi connectivity index (χ0v) is 22.1. The fourth-order valence-corrected chi connectivity index (χ4v) is 6.24. The first kappa shape index (κ1) is 28.7. The first-order valence-corrected chi connectivity index (χ1v) is 13.5. The number of carbonyl (C=O) groups is 1. The number of alkyl halides is 3. The van der Waals surface area contributed by atoms with E-state index in [-0.39, 0.29) is 11.5 Å². The third-order valence-electron chi connectivity index (χ3n) is 8.17. The summed E-state index contributed by atoms with van der Waals surface area (Å²) in [7, 11) is 0. The number of benzene rings is 1. The Morgan fingerprint density at radius 3 is 2.35 bits per heavy atom. The van der Waals surface area contributed by atoms with Crippen LogP contribution in [-0.4, -0.2) is 94.2 Å². The number of ether oxygens (including phenoxy) is 1. The standard InChI is InChI=1S/C27H33F4N5O4/c1-16-12-21(39)24-23(16)25(33-15-32-24)34-8-10-36(11-9-34)26(35-6-4-18(38)5-7-35)19(14-37)17-2-3-22(20(28)13-17)40-27(29,30)31/h2-3,13-16,18-19,21,26,38-39H,4-12H2,1H3/t16-,19?,21-,26?/m1/s1. The molecule has 9 nitrogen and oxygen atoms in total. The third-order valence-corrected chi connectivity index (χ3v) is 8.17. The predicted molar refractivity (Wildman–Crippen MR) is 136 cm³/mol. The van der Waals surface area contributed by atoms with Crippen LogP contribution in [0.3, 0.4) is 0 Å². The maximum Gasteiger partial charge on any atom is 0.573 e. The second-order valence-corrected chi connectivity index (χ2v) is 10.8. The average Bonchev–Trinajstić information content (AvgIpc) is 3.22. The summed E-state index contributed by atoms with van der Waals surface area (Å²) < 4.78 is 56.4. The Morgan fingerprint density at radius 1 is 1.05 bits per heavy atom. The molecule has 0 amide bonds. The molecule has 0 saturated carbocycles. The summed E-state index contributed by atoms with van der Waals surface area (Å²) in [4.78, 5) is 27.7. The van der Waals surface area contributed by atoms with Gasteiger partial charge in [0, 0.05) is 44.8 Å². The molecule has 3 heterocycles. The summed E-state index contributed by atoms with van der Waals surface area (Å²) in [5.41, 5.74) is 1.86. The Hall–Kier alpha value is -2.87. The van der Waals surface area contributed by atoms with Crippen LogP contribution < -0.4 is 9.64 Å². The average molecular weight is 568 g/mol. The molecule has 2 aliphatic heterocycles. The van der Waals surface area contributed by atoms with E-state index in [4.69, 9.17) is 0 Å². The van der Waals surface area contributed by atoms with Gasteiger partial charge in [-0.1, -0.05) is 13.0 Å². The van der Waals surface area contributed by atoms with Gasteiger partial charge >= 0.3 is 6.36 Å². The van der Waals surface area contributed by atoms with Crippen molar-refractivity contribution in [3.8, 4) is 5.75 Å². The van der Waals surface area contributed by atoms with Crippen LogP contribution in [-0.2, 0) is 4.79 Å². The summed E-state index contributed by atoms with van der Waals surface area (Å²) in [6.07, 6.45) is -2.79. The number of aromatic nitrogens is 2. The monoisotopic (exact) mass is 567 g/mol. The van der Waals surface area contributed by atoms with Gasteiger partial charge in [-0.25, -0.2) is 14.4 Å². The second-order valence-electron chi connectivity index (χ2n) is 10.8. The van der Waals surface area contributed by atoms with E-state index in [0.717, 1.165) is 23.5 Å². The van der Waals surface area contributed by atoms with Crippen LogP contribution in [0, 0.1) is 5.82 Å². The summed E-state index contributed by atoms with van der Waals surface area (Å²) in [5, 5.41) is 20.4. The van der Waals surface area contributed by atoms with Crippen molar-refractivity contribution in [2.75, 3.05) is 44.2 Å². The highest BCUT2D eigenvalue weighted by Crippen LogP contribution is 2.43. The number of likely N-dealkylation sites (tertiary alicyclic amines) is 1. The molecule has 13 heteroatoms. The molecule has 1 aromatic heterocycles. The Morgan fingerprint density at radius 2 is 1.73 bits per heavy atom. The van der Waals surface area contributed by atoms with E-state index in [1.54, 1.807) is 0 Å². The lowest BCUT2D eigenvalue weighted by atomic mass is 9.93. The van der Waals surface area contributed by atoms with E-state index in [0.29, 0.717) is 70.5 Å². The minimum Gasteiger partial charge on any atom is -0.403 e. The van der Waals surface area contributed by atoms with Gasteiger partial charge in [0.05, 0.1) is 30.0 Å². The van der Waals surface area contributed by atoms with Crippen LogP contribution >= 0.6 is 0 Å². The lowest BCUT2D eigenvalue weighted by Crippen LogP contribution is -2.60. The molecule has 2 unspecified atom stereocenters. The van der Waals surface area contributed by atoms with Crippen molar-refractivity contribution in [1.82, 2.24) is 19.8 Å². The Labute approximate surface area is 229 Å². The number of aldehydes is 1. The van der Waals surface area contributed by atoms with E-state index in [9.17, 15) is 32.6 Å². The summed E-state index contributed by atoms with van der Waals surface area (Å²) in [6.45, 7) is 5.32. The van der Waals surface area contributed by atoms with Gasteiger partial charge in [-0.2, -0.15) is 0 Å². The molecule has 2 saturated heterocycles. The van der Waals surface area contributed by atoms with Crippen molar-refractivity contribution in [1.29, 1.82) is 0 Å². The van der Waals surface area contributed by atoms with Gasteiger partial charge in [-0.15, -0.1) is 13.2 Å². The summed E-state index contributed by atoms with van der Waals surface area (Å²) in [5.74, 6) is -2.10. The molecular formula is C27H33F4N5O4. The summed E-state index contributed by atoms with van der Waals surface area (Å²) in [6, 6.07) is 3.12. The maximum atomic E-state index is 14.6. The molecule has 1 aliphatic carbocycles. The molecule has 2 N–H and O–H groups in total. The fourth-order valence-electron chi connectivity index (χ4n) is 6.24. The van der Waals surface area contributed by atoms with Gasteiger partial charge in [0.2, 0.25) is 0 Å². The first-order chi connectivity index (χ1) is 19.1. The van der Waals surface area contributed by atoms with Crippen molar-refractivity contribution >= 4 is 12.1 Å². The number of carbonyl (C=O) groups excluding carboxylic acids is 1. The van der Waals surface area contributed by atoms with Crippen LogP contribution in [0.15, 0.2) is 24.5 Å². The molecule has 1 aromatic carbocycles. The highest BCUT2D eigenvalue weighted by atomic mass is 19.4. The molecule has 0 spiro atoms. The lowest BCUT2D eigenvalue weighted by Gasteiger charge is -2.48. The number of piperazine rings is 1. The molecule has 218 valence electrons. The minimum absolute atomic E-state index is 0.116. The van der Waals surface area contributed by atoms with Crippen molar-refractivity contribution in [2.24, 2.45) is 0 Å². The SMILES string of the molecule is C[C@@H]1C[C@@H](O)c2ncnc(N3CCN(C(C(C=O)c4ccc(OC(F)(F)F)c(F)c4)N4CCC(O)CC4)CC3)c21. The molecule has 2 fully saturated rings. The number of rotatable bonds is 7. The summed E-state index contributed by atoms with van der Waals surface area (Å²) >= 11 is 0.